The van der Waals surface area contributed by atoms with E-state index in [1.165, 1.54) is 0 Å². The van der Waals surface area contributed by atoms with Crippen molar-refractivity contribution in [3.8, 4) is 0 Å². The summed E-state index contributed by atoms with van der Waals surface area (Å²) in [6, 6.07) is 5.30. The number of aryl methyl sites for hydroxylation is 1. The Morgan fingerprint density at radius 1 is 1.19 bits per heavy atom. The molecular formula is C19H23F3O4S. The summed E-state index contributed by atoms with van der Waals surface area (Å²) in [4.78, 5) is 0. The van der Waals surface area contributed by atoms with Gasteiger partial charge in [0.15, 0.2) is 0 Å². The molecule has 0 saturated carbocycles. The molecule has 1 aromatic rings. The number of hydrogen-bond acceptors (Lipinski definition) is 4. The van der Waals surface area contributed by atoms with E-state index in [0.29, 0.717) is 43.6 Å². The van der Waals surface area contributed by atoms with Crippen molar-refractivity contribution in [2.24, 2.45) is 5.92 Å². The molecule has 3 rings (SSSR count). The maximum Gasteiger partial charge on any atom is 0.534 e. The average Bonchev–Trinajstić information content (AvgIpc) is 2.57. The number of ether oxygens (including phenoxy) is 1. The maximum absolute atomic E-state index is 13.0. The Balaban J connectivity index is 2.19. The van der Waals surface area contributed by atoms with E-state index in [2.05, 4.69) is 0 Å². The SMILES string of the molecule is Cc1ccc2c(c1)C(C)(C)CC(C1CCOCC1)=C2OS(=O)(=O)C(F)(F)F. The van der Waals surface area contributed by atoms with Gasteiger partial charge in [0.25, 0.3) is 0 Å². The van der Waals surface area contributed by atoms with Gasteiger partial charge in [0.1, 0.15) is 5.76 Å². The van der Waals surface area contributed by atoms with Crippen LogP contribution in [0.5, 0.6) is 0 Å². The fourth-order valence-electron chi connectivity index (χ4n) is 3.87. The molecule has 0 spiro atoms. The van der Waals surface area contributed by atoms with Gasteiger partial charge < -0.3 is 8.92 Å². The third-order valence-corrected chi connectivity index (χ3v) is 6.22. The predicted octanol–water partition coefficient (Wildman–Crippen LogP) is 4.68. The summed E-state index contributed by atoms with van der Waals surface area (Å²) in [5.41, 5.74) is -3.01. The van der Waals surface area contributed by atoms with Gasteiger partial charge in [-0.05, 0) is 48.7 Å². The third-order valence-electron chi connectivity index (χ3n) is 5.26. The zero-order valence-corrected chi connectivity index (χ0v) is 16.3. The number of hydrogen-bond donors (Lipinski definition) is 0. The van der Waals surface area contributed by atoms with Crippen molar-refractivity contribution in [1.29, 1.82) is 0 Å². The molecule has 8 heteroatoms. The monoisotopic (exact) mass is 404 g/mol. The molecule has 0 N–H and O–H groups in total. The molecule has 0 aromatic heterocycles. The lowest BCUT2D eigenvalue weighted by molar-refractivity contribution is -0.0510. The molecule has 27 heavy (non-hydrogen) atoms. The van der Waals surface area contributed by atoms with Crippen LogP contribution >= 0.6 is 0 Å². The van der Waals surface area contributed by atoms with E-state index in [9.17, 15) is 21.6 Å². The van der Waals surface area contributed by atoms with Gasteiger partial charge in [-0.25, -0.2) is 0 Å². The predicted molar refractivity (Wildman–Crippen MR) is 95.3 cm³/mol. The molecule has 0 atom stereocenters. The Labute approximate surface area is 157 Å². The Bertz CT molecular complexity index is 863. The molecule has 2 aliphatic rings. The number of alkyl halides is 3. The standard InChI is InChI=1S/C19H23F3O4S/c1-12-4-5-14-16(10-12)18(2,3)11-15(13-6-8-25-9-7-13)17(14)26-27(23,24)19(20,21)22/h4-5,10,13H,6-9,11H2,1-3H3. The maximum atomic E-state index is 13.0. The van der Waals surface area contributed by atoms with Crippen LogP contribution in [0.3, 0.4) is 0 Å². The van der Waals surface area contributed by atoms with E-state index >= 15 is 0 Å². The second kappa shape index (κ2) is 6.81. The minimum Gasteiger partial charge on any atom is -0.381 e. The van der Waals surface area contributed by atoms with Crippen LogP contribution in [-0.4, -0.2) is 27.1 Å². The zero-order valence-electron chi connectivity index (χ0n) is 15.5. The molecular weight excluding hydrogens is 381 g/mol. The second-order valence-electron chi connectivity index (χ2n) is 7.83. The summed E-state index contributed by atoms with van der Waals surface area (Å²) in [6.45, 7) is 6.91. The van der Waals surface area contributed by atoms with Crippen LogP contribution in [0.1, 0.15) is 49.8 Å². The lowest BCUT2D eigenvalue weighted by atomic mass is 9.68. The van der Waals surface area contributed by atoms with E-state index in [1.807, 2.05) is 26.8 Å². The molecule has 1 heterocycles. The van der Waals surface area contributed by atoms with Crippen LogP contribution in [-0.2, 0) is 24.5 Å². The zero-order chi connectivity index (χ0) is 20.0. The summed E-state index contributed by atoms with van der Waals surface area (Å²) in [5.74, 6) is -0.223. The van der Waals surface area contributed by atoms with Crippen molar-refractivity contribution in [1.82, 2.24) is 0 Å². The Kier molecular flexibility index (Phi) is 5.10. The summed E-state index contributed by atoms with van der Waals surface area (Å²) in [7, 11) is -5.75. The van der Waals surface area contributed by atoms with Gasteiger partial charge in [-0.15, -0.1) is 0 Å². The van der Waals surface area contributed by atoms with Gasteiger partial charge in [0, 0.05) is 18.8 Å². The number of fused-ring (bicyclic) bond motifs is 1. The van der Waals surface area contributed by atoms with Gasteiger partial charge in [-0.1, -0.05) is 37.6 Å². The first kappa shape index (κ1) is 20.2. The highest BCUT2D eigenvalue weighted by Crippen LogP contribution is 2.48. The average molecular weight is 404 g/mol. The topological polar surface area (TPSA) is 52.6 Å². The van der Waals surface area contributed by atoms with E-state index in [0.717, 1.165) is 11.1 Å². The first-order valence-electron chi connectivity index (χ1n) is 8.85. The molecule has 0 radical (unpaired) electrons. The van der Waals surface area contributed by atoms with E-state index < -0.39 is 15.6 Å². The van der Waals surface area contributed by atoms with E-state index in [-0.39, 0.29) is 17.1 Å². The van der Waals surface area contributed by atoms with Crippen molar-refractivity contribution >= 4 is 15.9 Å². The minimum atomic E-state index is -5.75. The van der Waals surface area contributed by atoms with Crippen LogP contribution < -0.4 is 0 Å². The Hall–Kier alpha value is -1.54. The molecule has 4 nitrogen and oxygen atoms in total. The van der Waals surface area contributed by atoms with Crippen LogP contribution in [0.4, 0.5) is 13.2 Å². The fourth-order valence-corrected chi connectivity index (χ4v) is 4.38. The molecule has 0 amide bonds. The normalized spacial score (nSPS) is 21.1. The fraction of sp³-hybridized carbons (Fsp3) is 0.579. The molecule has 1 aliphatic carbocycles. The number of allylic oxidation sites excluding steroid dienone is 1. The number of rotatable bonds is 3. The highest BCUT2D eigenvalue weighted by molar-refractivity contribution is 7.87. The summed E-state index contributed by atoms with van der Waals surface area (Å²) in [5, 5.41) is 0. The van der Waals surface area contributed by atoms with Crippen LogP contribution in [0.25, 0.3) is 5.76 Å². The smallest absolute Gasteiger partial charge is 0.381 e. The lowest BCUT2D eigenvalue weighted by Gasteiger charge is -2.38. The third kappa shape index (κ3) is 3.87. The summed E-state index contributed by atoms with van der Waals surface area (Å²) in [6.07, 6.45) is 1.70. The first-order chi connectivity index (χ1) is 12.4. The summed E-state index contributed by atoms with van der Waals surface area (Å²) >= 11 is 0. The highest BCUT2D eigenvalue weighted by atomic mass is 32.2. The van der Waals surface area contributed by atoms with Gasteiger partial charge in [0.05, 0.1) is 0 Å². The first-order valence-corrected chi connectivity index (χ1v) is 10.3. The quantitative estimate of drug-likeness (QED) is 0.542. The molecule has 1 aliphatic heterocycles. The van der Waals surface area contributed by atoms with Gasteiger partial charge in [-0.3, -0.25) is 0 Å². The summed E-state index contributed by atoms with van der Waals surface area (Å²) < 4.78 is 72.7. The molecule has 150 valence electrons. The van der Waals surface area contributed by atoms with Gasteiger partial charge in [0.2, 0.25) is 0 Å². The second-order valence-corrected chi connectivity index (χ2v) is 9.37. The van der Waals surface area contributed by atoms with Crippen LogP contribution in [0, 0.1) is 12.8 Å². The lowest BCUT2D eigenvalue weighted by Crippen LogP contribution is -2.32. The highest BCUT2D eigenvalue weighted by Gasteiger charge is 2.50. The van der Waals surface area contributed by atoms with Gasteiger partial charge in [-0.2, -0.15) is 21.6 Å². The molecule has 1 aromatic carbocycles. The van der Waals surface area contributed by atoms with Crippen molar-refractivity contribution in [2.45, 2.75) is 51.0 Å². The van der Waals surface area contributed by atoms with Crippen LogP contribution in [0.2, 0.25) is 0 Å². The van der Waals surface area contributed by atoms with Crippen molar-refractivity contribution < 1.29 is 30.5 Å². The van der Waals surface area contributed by atoms with Crippen LogP contribution in [0.15, 0.2) is 23.8 Å². The molecule has 1 fully saturated rings. The van der Waals surface area contributed by atoms with Crippen molar-refractivity contribution in [2.75, 3.05) is 13.2 Å². The molecule has 0 bridgehead atoms. The Morgan fingerprint density at radius 3 is 2.41 bits per heavy atom. The molecule has 0 unspecified atom stereocenters. The van der Waals surface area contributed by atoms with E-state index in [1.54, 1.807) is 12.1 Å². The van der Waals surface area contributed by atoms with Crippen molar-refractivity contribution in [3.63, 3.8) is 0 Å². The molecule has 1 saturated heterocycles. The Morgan fingerprint density at radius 2 is 1.81 bits per heavy atom. The van der Waals surface area contributed by atoms with Crippen molar-refractivity contribution in [3.05, 3.63) is 40.5 Å². The number of halogens is 3. The minimum absolute atomic E-state index is 0.0640. The largest absolute Gasteiger partial charge is 0.534 e. The number of benzene rings is 1. The van der Waals surface area contributed by atoms with E-state index in [4.69, 9.17) is 8.92 Å². The van der Waals surface area contributed by atoms with Gasteiger partial charge >= 0.3 is 15.6 Å².